The fraction of sp³-hybridized carbons (Fsp3) is 0.130. The topological polar surface area (TPSA) is 63.9 Å². The normalized spacial score (nSPS) is 10.6. The van der Waals surface area contributed by atoms with Crippen LogP contribution in [0.15, 0.2) is 91.0 Å². The van der Waals surface area contributed by atoms with Crippen molar-refractivity contribution < 1.29 is 4.79 Å². The van der Waals surface area contributed by atoms with Crippen molar-refractivity contribution in [1.29, 1.82) is 0 Å². The summed E-state index contributed by atoms with van der Waals surface area (Å²) in [7, 11) is 0. The van der Waals surface area contributed by atoms with Gasteiger partial charge in [0.25, 0.3) is 11.7 Å². The number of para-hydroxylation sites is 1. The maximum Gasteiger partial charge on any atom is 0.295 e. The summed E-state index contributed by atoms with van der Waals surface area (Å²) in [5, 5.41) is 12.3. The second kappa shape index (κ2) is 8.93. The van der Waals surface area contributed by atoms with Crippen LogP contribution in [0.1, 0.15) is 21.7 Å². The largest absolute Gasteiger partial charge is 0.331 e. The molecule has 3 aromatic carbocycles. The van der Waals surface area contributed by atoms with Crippen molar-refractivity contribution in [3.8, 4) is 5.69 Å². The van der Waals surface area contributed by atoms with E-state index < -0.39 is 0 Å². The van der Waals surface area contributed by atoms with Gasteiger partial charge in [-0.3, -0.25) is 4.79 Å². The maximum absolute atomic E-state index is 13.2. The van der Waals surface area contributed by atoms with Crippen LogP contribution in [0.4, 0.5) is 0 Å². The molecule has 6 nitrogen and oxygen atoms in total. The predicted molar refractivity (Wildman–Crippen MR) is 110 cm³/mol. The number of nitrogens with zero attached hydrogens (tertiary/aromatic N) is 5. The molecule has 0 saturated heterocycles. The molecule has 6 heteroatoms. The number of carbonyl (C=O) groups excluding carboxylic acids is 1. The van der Waals surface area contributed by atoms with Gasteiger partial charge >= 0.3 is 0 Å². The van der Waals surface area contributed by atoms with E-state index in [1.54, 1.807) is 4.90 Å². The highest BCUT2D eigenvalue weighted by Gasteiger charge is 2.21. The summed E-state index contributed by atoms with van der Waals surface area (Å²) in [6, 6.07) is 29.5. The quantitative estimate of drug-likeness (QED) is 0.490. The molecule has 0 aliphatic carbocycles. The van der Waals surface area contributed by atoms with E-state index in [1.807, 2.05) is 78.9 Å². The first-order valence-corrected chi connectivity index (χ1v) is 9.52. The van der Waals surface area contributed by atoms with Crippen LogP contribution >= 0.6 is 0 Å². The number of benzene rings is 3. The molecule has 4 aromatic rings. The summed E-state index contributed by atoms with van der Waals surface area (Å²) < 4.78 is 0. The Bertz CT molecular complexity index is 1050. The lowest BCUT2D eigenvalue weighted by molar-refractivity contribution is 0.0732. The van der Waals surface area contributed by atoms with Gasteiger partial charge in [0.2, 0.25) is 0 Å². The van der Waals surface area contributed by atoms with Crippen LogP contribution in [0.25, 0.3) is 5.69 Å². The Balaban J connectivity index is 1.54. The molecule has 0 unspecified atom stereocenters. The van der Waals surface area contributed by atoms with Gasteiger partial charge in [0.1, 0.15) is 0 Å². The van der Waals surface area contributed by atoms with Gasteiger partial charge in [-0.25, -0.2) is 0 Å². The van der Waals surface area contributed by atoms with Gasteiger partial charge in [0.15, 0.2) is 0 Å². The second-order valence-corrected chi connectivity index (χ2v) is 6.69. The number of amides is 1. The number of carbonyl (C=O) groups is 1. The monoisotopic (exact) mass is 383 g/mol. The highest BCUT2D eigenvalue weighted by Crippen LogP contribution is 2.11. The summed E-state index contributed by atoms with van der Waals surface area (Å²) >= 11 is 0. The lowest BCUT2D eigenvalue weighted by atomic mass is 10.1. The van der Waals surface area contributed by atoms with Crippen molar-refractivity contribution in [2.75, 3.05) is 6.54 Å². The molecule has 0 aliphatic rings. The molecule has 29 heavy (non-hydrogen) atoms. The molecule has 0 radical (unpaired) electrons. The Morgan fingerprint density at radius 3 is 2.03 bits per heavy atom. The van der Waals surface area contributed by atoms with Crippen LogP contribution in [-0.2, 0) is 13.0 Å². The van der Waals surface area contributed by atoms with Crippen molar-refractivity contribution in [2.45, 2.75) is 13.0 Å². The van der Waals surface area contributed by atoms with Crippen LogP contribution < -0.4 is 0 Å². The summed E-state index contributed by atoms with van der Waals surface area (Å²) in [6.07, 6.45) is 0.756. The molecule has 0 N–H and O–H groups in total. The average Bonchev–Trinajstić information content (AvgIpc) is 3.28. The fourth-order valence-corrected chi connectivity index (χ4v) is 3.08. The minimum atomic E-state index is -0.230. The fourth-order valence-electron chi connectivity index (χ4n) is 3.08. The minimum absolute atomic E-state index is 0.0952. The zero-order chi connectivity index (χ0) is 19.9. The molecular weight excluding hydrogens is 362 g/mol. The van der Waals surface area contributed by atoms with Crippen LogP contribution in [0.2, 0.25) is 0 Å². The Morgan fingerprint density at radius 1 is 0.793 bits per heavy atom. The Labute approximate surface area is 169 Å². The highest BCUT2D eigenvalue weighted by atomic mass is 16.2. The van der Waals surface area contributed by atoms with Crippen molar-refractivity contribution in [1.82, 2.24) is 25.1 Å². The molecule has 0 atom stereocenters. The molecule has 1 amide bonds. The molecule has 1 aromatic heterocycles. The molecule has 1 heterocycles. The zero-order valence-electron chi connectivity index (χ0n) is 15.9. The van der Waals surface area contributed by atoms with Gasteiger partial charge in [-0.15, -0.1) is 15.0 Å². The molecule has 144 valence electrons. The third-order valence-electron chi connectivity index (χ3n) is 4.61. The summed E-state index contributed by atoms with van der Waals surface area (Å²) in [5.74, 6) is -0.134. The number of hydrogen-bond donors (Lipinski definition) is 0. The number of aromatic nitrogens is 4. The summed E-state index contributed by atoms with van der Waals surface area (Å²) in [4.78, 5) is 16.3. The van der Waals surface area contributed by atoms with Crippen LogP contribution in [0.5, 0.6) is 0 Å². The SMILES string of the molecule is O=C(c1nnn(-c2ccccc2)n1)N(CCc1ccccc1)Cc1ccccc1. The molecule has 0 aliphatic heterocycles. The lowest BCUT2D eigenvalue weighted by Crippen LogP contribution is -2.33. The van der Waals surface area contributed by atoms with E-state index in [1.165, 1.54) is 10.4 Å². The first-order chi connectivity index (χ1) is 14.3. The smallest absolute Gasteiger partial charge is 0.295 e. The molecular formula is C23H21N5O. The number of rotatable bonds is 7. The van der Waals surface area contributed by atoms with E-state index >= 15 is 0 Å². The first-order valence-electron chi connectivity index (χ1n) is 9.52. The Hall–Kier alpha value is -3.80. The summed E-state index contributed by atoms with van der Waals surface area (Å²) in [6.45, 7) is 1.06. The highest BCUT2D eigenvalue weighted by molar-refractivity contribution is 5.90. The van der Waals surface area contributed by atoms with Gasteiger partial charge < -0.3 is 4.90 Å². The van der Waals surface area contributed by atoms with Gasteiger partial charge in [0, 0.05) is 13.1 Å². The van der Waals surface area contributed by atoms with Crippen molar-refractivity contribution in [3.05, 3.63) is 108 Å². The molecule has 0 spiro atoms. The van der Waals surface area contributed by atoms with Crippen LogP contribution in [0.3, 0.4) is 0 Å². The van der Waals surface area contributed by atoms with Crippen molar-refractivity contribution in [3.63, 3.8) is 0 Å². The van der Waals surface area contributed by atoms with Gasteiger partial charge in [-0.1, -0.05) is 78.9 Å². The average molecular weight is 383 g/mol. The van der Waals surface area contributed by atoms with E-state index in [4.69, 9.17) is 0 Å². The number of hydrogen-bond acceptors (Lipinski definition) is 4. The van der Waals surface area contributed by atoms with Crippen LogP contribution in [0, 0.1) is 0 Å². The van der Waals surface area contributed by atoms with Gasteiger partial charge in [-0.05, 0) is 34.9 Å². The van der Waals surface area contributed by atoms with E-state index in [0.717, 1.165) is 17.7 Å². The van der Waals surface area contributed by atoms with E-state index in [9.17, 15) is 4.79 Å². The third kappa shape index (κ3) is 4.73. The third-order valence-corrected chi connectivity index (χ3v) is 4.61. The predicted octanol–water partition coefficient (Wildman–Crippen LogP) is 3.55. The van der Waals surface area contributed by atoms with Gasteiger partial charge in [-0.2, -0.15) is 0 Å². The maximum atomic E-state index is 13.2. The van der Waals surface area contributed by atoms with E-state index in [-0.39, 0.29) is 11.7 Å². The van der Waals surface area contributed by atoms with Crippen molar-refractivity contribution >= 4 is 5.91 Å². The molecule has 0 saturated carbocycles. The number of tetrazole rings is 1. The second-order valence-electron chi connectivity index (χ2n) is 6.69. The molecule has 0 bridgehead atoms. The van der Waals surface area contributed by atoms with Crippen molar-refractivity contribution in [2.24, 2.45) is 0 Å². The zero-order valence-corrected chi connectivity index (χ0v) is 15.9. The standard InChI is InChI=1S/C23H21N5O/c29-23(22-24-26-28(25-22)21-14-8-3-9-15-21)27(18-20-12-6-2-7-13-20)17-16-19-10-4-1-5-11-19/h1-15H,16-18H2. The summed E-state index contributed by atoms with van der Waals surface area (Å²) in [5.41, 5.74) is 3.00. The van der Waals surface area contributed by atoms with E-state index in [2.05, 4.69) is 27.5 Å². The van der Waals surface area contributed by atoms with E-state index in [0.29, 0.717) is 13.1 Å². The van der Waals surface area contributed by atoms with Gasteiger partial charge in [0.05, 0.1) is 5.69 Å². The lowest BCUT2D eigenvalue weighted by Gasteiger charge is -2.21. The minimum Gasteiger partial charge on any atom is -0.331 e. The molecule has 0 fully saturated rings. The van der Waals surface area contributed by atoms with Crippen LogP contribution in [-0.4, -0.2) is 37.6 Å². The first kappa shape index (κ1) is 18.6. The molecule has 4 rings (SSSR count). The Morgan fingerprint density at radius 2 is 1.38 bits per heavy atom. The Kier molecular flexibility index (Phi) is 5.71.